The largest absolute Gasteiger partial charge is 0.481 e. The highest BCUT2D eigenvalue weighted by molar-refractivity contribution is 5.80. The van der Waals surface area contributed by atoms with Gasteiger partial charge in [-0.25, -0.2) is 4.68 Å². The van der Waals surface area contributed by atoms with E-state index in [1.54, 1.807) is 6.20 Å². The Hall–Kier alpha value is -2.53. The second-order valence-electron chi connectivity index (χ2n) is 10.2. The van der Waals surface area contributed by atoms with Crippen LogP contribution < -0.4 is 16.4 Å². The van der Waals surface area contributed by atoms with Crippen LogP contribution >= 0.6 is 0 Å². The standard InChI is InChI=1S/C27H49N7O4/c28-16-10-7-8-12-23-22-34(32-31-23)24(14-15-26(36)37)27(38)30-17-11-6-4-2-1-3-5-9-13-25(35)33-20-18-29-19-21-33/h22,24,29H,1-21,28H2,(H,30,38)(H,36,37)/t24-/m0/s1. The third-order valence-electron chi connectivity index (χ3n) is 7.03. The molecule has 1 aromatic heterocycles. The van der Waals surface area contributed by atoms with Crippen molar-refractivity contribution in [3.63, 3.8) is 0 Å². The first-order valence-electron chi connectivity index (χ1n) is 14.6. The third-order valence-corrected chi connectivity index (χ3v) is 7.03. The van der Waals surface area contributed by atoms with Gasteiger partial charge in [0.2, 0.25) is 11.8 Å². The number of hydrogen-bond donors (Lipinski definition) is 4. The van der Waals surface area contributed by atoms with Gasteiger partial charge in [-0.2, -0.15) is 0 Å². The molecule has 0 unspecified atom stereocenters. The number of amides is 2. The number of carbonyl (C=O) groups is 3. The van der Waals surface area contributed by atoms with Crippen LogP contribution in [0.15, 0.2) is 6.20 Å². The summed E-state index contributed by atoms with van der Waals surface area (Å²) in [5.41, 5.74) is 6.34. The van der Waals surface area contributed by atoms with E-state index in [4.69, 9.17) is 10.8 Å². The van der Waals surface area contributed by atoms with Gasteiger partial charge in [-0.05, 0) is 45.1 Å². The van der Waals surface area contributed by atoms with Crippen LogP contribution in [0.5, 0.6) is 0 Å². The maximum Gasteiger partial charge on any atom is 0.303 e. The number of aliphatic carboxylic acids is 1. The van der Waals surface area contributed by atoms with E-state index in [1.807, 2.05) is 4.90 Å². The van der Waals surface area contributed by atoms with Gasteiger partial charge in [-0.1, -0.05) is 50.2 Å². The molecule has 2 amide bonds. The van der Waals surface area contributed by atoms with Gasteiger partial charge in [0, 0.05) is 51.8 Å². The Morgan fingerprint density at radius 3 is 2.29 bits per heavy atom. The maximum absolute atomic E-state index is 12.8. The summed E-state index contributed by atoms with van der Waals surface area (Å²) in [6.07, 6.45) is 14.8. The van der Waals surface area contributed by atoms with E-state index in [1.165, 1.54) is 11.1 Å². The van der Waals surface area contributed by atoms with Gasteiger partial charge < -0.3 is 26.4 Å². The van der Waals surface area contributed by atoms with Crippen LogP contribution in [-0.4, -0.2) is 82.1 Å². The monoisotopic (exact) mass is 535 g/mol. The molecule has 5 N–H and O–H groups in total. The van der Waals surface area contributed by atoms with Crippen LogP contribution in [0, 0.1) is 0 Å². The molecule has 0 aromatic carbocycles. The minimum Gasteiger partial charge on any atom is -0.481 e. The average molecular weight is 536 g/mol. The molecule has 1 aliphatic rings. The molecule has 1 atom stereocenters. The Morgan fingerprint density at radius 2 is 1.61 bits per heavy atom. The van der Waals surface area contributed by atoms with E-state index in [9.17, 15) is 14.4 Å². The summed E-state index contributed by atoms with van der Waals surface area (Å²) in [5.74, 6) is -0.849. The molecular weight excluding hydrogens is 486 g/mol. The third kappa shape index (κ3) is 13.3. The van der Waals surface area contributed by atoms with Crippen molar-refractivity contribution in [1.82, 2.24) is 30.5 Å². The Balaban J connectivity index is 1.56. The first kappa shape index (κ1) is 31.7. The molecule has 1 saturated heterocycles. The summed E-state index contributed by atoms with van der Waals surface area (Å²) < 4.78 is 1.51. The molecule has 0 radical (unpaired) electrons. The SMILES string of the molecule is NCCCCCc1cn([C@@H](CCC(=O)O)C(=O)NCCCCCCCCCCC(=O)N2CCNCC2)nn1. The second kappa shape index (κ2) is 19.5. The smallest absolute Gasteiger partial charge is 0.303 e. The molecule has 0 spiro atoms. The molecule has 11 nitrogen and oxygen atoms in total. The molecule has 38 heavy (non-hydrogen) atoms. The Kier molecular flexibility index (Phi) is 16.3. The zero-order valence-electron chi connectivity index (χ0n) is 23.0. The summed E-state index contributed by atoms with van der Waals surface area (Å²) in [6, 6.07) is -0.671. The van der Waals surface area contributed by atoms with Gasteiger partial charge in [0.05, 0.1) is 5.69 Å². The van der Waals surface area contributed by atoms with Crippen molar-refractivity contribution < 1.29 is 19.5 Å². The van der Waals surface area contributed by atoms with E-state index in [-0.39, 0.29) is 18.7 Å². The number of rotatable bonds is 21. The van der Waals surface area contributed by atoms with Crippen LogP contribution in [0.3, 0.4) is 0 Å². The van der Waals surface area contributed by atoms with Crippen LogP contribution in [0.2, 0.25) is 0 Å². The number of hydrogen-bond acceptors (Lipinski definition) is 7. The van der Waals surface area contributed by atoms with Crippen molar-refractivity contribution in [2.24, 2.45) is 5.73 Å². The van der Waals surface area contributed by atoms with Gasteiger partial charge in [0.25, 0.3) is 0 Å². The highest BCUT2D eigenvalue weighted by Crippen LogP contribution is 2.15. The summed E-state index contributed by atoms with van der Waals surface area (Å²) in [7, 11) is 0. The minimum atomic E-state index is -0.934. The molecule has 216 valence electrons. The van der Waals surface area contributed by atoms with Gasteiger partial charge in [-0.3, -0.25) is 14.4 Å². The molecule has 0 saturated carbocycles. The highest BCUT2D eigenvalue weighted by atomic mass is 16.4. The van der Waals surface area contributed by atoms with Crippen molar-refractivity contribution >= 4 is 17.8 Å². The van der Waals surface area contributed by atoms with Crippen LogP contribution in [0.1, 0.15) is 102 Å². The predicted octanol–water partition coefficient (Wildman–Crippen LogP) is 2.41. The van der Waals surface area contributed by atoms with E-state index in [0.717, 1.165) is 103 Å². The topological polar surface area (TPSA) is 155 Å². The Morgan fingerprint density at radius 1 is 0.947 bits per heavy atom. The summed E-state index contributed by atoms with van der Waals surface area (Å²) in [6.45, 7) is 4.71. The lowest BCUT2D eigenvalue weighted by molar-refractivity contribution is -0.137. The molecule has 2 rings (SSSR count). The van der Waals surface area contributed by atoms with Crippen LogP contribution in [0.25, 0.3) is 0 Å². The lowest BCUT2D eigenvalue weighted by Crippen LogP contribution is -2.46. The number of carboxylic acid groups (broad SMARTS) is 1. The summed E-state index contributed by atoms with van der Waals surface area (Å²) >= 11 is 0. The van der Waals surface area contributed by atoms with Crippen molar-refractivity contribution in [3.8, 4) is 0 Å². The van der Waals surface area contributed by atoms with E-state index < -0.39 is 12.0 Å². The fourth-order valence-electron chi connectivity index (χ4n) is 4.71. The zero-order valence-corrected chi connectivity index (χ0v) is 23.0. The van der Waals surface area contributed by atoms with Gasteiger partial charge in [-0.15, -0.1) is 5.10 Å². The second-order valence-corrected chi connectivity index (χ2v) is 10.2. The van der Waals surface area contributed by atoms with Crippen LogP contribution in [-0.2, 0) is 20.8 Å². The molecular formula is C27H49N7O4. The van der Waals surface area contributed by atoms with Crippen molar-refractivity contribution in [2.75, 3.05) is 39.3 Å². The molecule has 1 aromatic rings. The fourth-order valence-corrected chi connectivity index (χ4v) is 4.71. The molecule has 11 heteroatoms. The predicted molar refractivity (Wildman–Crippen MR) is 147 cm³/mol. The molecule has 0 bridgehead atoms. The first-order valence-corrected chi connectivity index (χ1v) is 14.6. The van der Waals surface area contributed by atoms with Crippen molar-refractivity contribution in [2.45, 2.75) is 102 Å². The highest BCUT2D eigenvalue weighted by Gasteiger charge is 2.23. The number of nitrogens with two attached hydrogens (primary N) is 1. The number of aromatic nitrogens is 3. The molecule has 1 aliphatic heterocycles. The number of aryl methyl sites for hydroxylation is 1. The Bertz CT molecular complexity index is 811. The van der Waals surface area contributed by atoms with Gasteiger partial charge in [0.1, 0.15) is 6.04 Å². The molecule has 1 fully saturated rings. The number of nitrogens with zero attached hydrogens (tertiary/aromatic N) is 4. The Labute approximate surface area is 227 Å². The van der Waals surface area contributed by atoms with E-state index in [2.05, 4.69) is 20.9 Å². The van der Waals surface area contributed by atoms with Crippen LogP contribution in [0.4, 0.5) is 0 Å². The number of nitrogens with one attached hydrogen (secondary N) is 2. The molecule has 0 aliphatic carbocycles. The number of carboxylic acids is 1. The zero-order chi connectivity index (χ0) is 27.4. The van der Waals surface area contributed by atoms with Gasteiger partial charge in [0.15, 0.2) is 0 Å². The maximum atomic E-state index is 12.8. The van der Waals surface area contributed by atoms with Crippen molar-refractivity contribution in [1.29, 1.82) is 0 Å². The quantitative estimate of drug-likeness (QED) is 0.175. The number of unbranched alkanes of at least 4 members (excludes halogenated alkanes) is 9. The summed E-state index contributed by atoms with van der Waals surface area (Å²) in [4.78, 5) is 38.0. The number of piperazine rings is 1. The number of carbonyl (C=O) groups excluding carboxylic acids is 2. The minimum absolute atomic E-state index is 0.103. The lowest BCUT2D eigenvalue weighted by Gasteiger charge is -2.27. The van der Waals surface area contributed by atoms with E-state index >= 15 is 0 Å². The normalized spacial score (nSPS) is 14.4. The fraction of sp³-hybridized carbons (Fsp3) is 0.815. The first-order chi connectivity index (χ1) is 18.5. The molecule has 2 heterocycles. The summed E-state index contributed by atoms with van der Waals surface area (Å²) in [5, 5.41) is 23.6. The average Bonchev–Trinajstić information content (AvgIpc) is 3.38. The lowest BCUT2D eigenvalue weighted by atomic mass is 10.1. The van der Waals surface area contributed by atoms with Gasteiger partial charge >= 0.3 is 5.97 Å². The van der Waals surface area contributed by atoms with E-state index in [0.29, 0.717) is 25.4 Å². The van der Waals surface area contributed by atoms with Crippen molar-refractivity contribution in [3.05, 3.63) is 11.9 Å².